The zero-order chi connectivity index (χ0) is 10.2. The van der Waals surface area contributed by atoms with Gasteiger partial charge in [0.2, 0.25) is 0 Å². The van der Waals surface area contributed by atoms with Crippen LogP contribution in [0.5, 0.6) is 0 Å². The predicted molar refractivity (Wildman–Crippen MR) is 57.4 cm³/mol. The maximum absolute atomic E-state index is 8.90. The molecule has 0 atom stereocenters. The van der Waals surface area contributed by atoms with E-state index in [0.29, 0.717) is 10.6 Å². The highest BCUT2D eigenvalue weighted by atomic mass is 32.1. The van der Waals surface area contributed by atoms with E-state index in [-0.39, 0.29) is 5.54 Å². The zero-order valence-corrected chi connectivity index (χ0v) is 9.33. The van der Waals surface area contributed by atoms with Gasteiger partial charge >= 0.3 is 0 Å². The van der Waals surface area contributed by atoms with Gasteiger partial charge in [-0.15, -0.1) is 0 Å². The minimum Gasteiger partial charge on any atom is -0.359 e. The van der Waals surface area contributed by atoms with Gasteiger partial charge in [0.15, 0.2) is 0 Å². The minimum atomic E-state index is 0.0432. The monoisotopic (exact) mass is 194 g/mol. The Morgan fingerprint density at radius 2 is 2.08 bits per heavy atom. The van der Waals surface area contributed by atoms with Crippen LogP contribution in [-0.2, 0) is 0 Å². The van der Waals surface area contributed by atoms with Crippen LogP contribution >= 0.6 is 12.2 Å². The van der Waals surface area contributed by atoms with E-state index in [4.69, 9.17) is 17.5 Å². The van der Waals surface area contributed by atoms with E-state index < -0.39 is 0 Å². The largest absolute Gasteiger partial charge is 0.359 e. The summed E-state index contributed by atoms with van der Waals surface area (Å²) in [6.07, 6.45) is 0.909. The Hall–Kier alpha value is -0.880. The van der Waals surface area contributed by atoms with Crippen LogP contribution in [0.1, 0.15) is 27.2 Å². The normalized spacial score (nSPS) is 21.8. The van der Waals surface area contributed by atoms with E-state index in [9.17, 15) is 0 Å². The molecule has 0 bridgehead atoms. The van der Waals surface area contributed by atoms with Crippen LogP contribution in [0, 0.1) is 11.3 Å². The summed E-state index contributed by atoms with van der Waals surface area (Å²) in [6.45, 7) is 6.26. The minimum absolute atomic E-state index is 0.0432. The van der Waals surface area contributed by atoms with Gasteiger partial charge in [-0.3, -0.25) is 0 Å². The summed E-state index contributed by atoms with van der Waals surface area (Å²) < 4.78 is 0. The van der Waals surface area contributed by atoms with Gasteiger partial charge in [-0.1, -0.05) is 17.8 Å². The third-order valence-electron chi connectivity index (χ3n) is 2.66. The Labute approximate surface area is 84.8 Å². The number of hydrogen-bond donors (Lipinski definition) is 0. The summed E-state index contributed by atoms with van der Waals surface area (Å²) in [5, 5.41) is 8.90. The van der Waals surface area contributed by atoms with E-state index in [1.54, 1.807) is 0 Å². The molecule has 0 aromatic rings. The van der Waals surface area contributed by atoms with Crippen LogP contribution in [-0.4, -0.2) is 22.5 Å². The molecule has 13 heavy (non-hydrogen) atoms. The third-order valence-corrected chi connectivity index (χ3v) is 3.14. The van der Waals surface area contributed by atoms with Crippen LogP contribution in [0.2, 0.25) is 0 Å². The van der Waals surface area contributed by atoms with Crippen molar-refractivity contribution in [2.24, 2.45) is 0 Å². The van der Waals surface area contributed by atoms with Crippen LogP contribution in [0.3, 0.4) is 0 Å². The van der Waals surface area contributed by atoms with E-state index in [1.165, 1.54) is 0 Å². The van der Waals surface area contributed by atoms with Crippen molar-refractivity contribution in [1.82, 2.24) is 4.90 Å². The number of hydrogen-bond acceptors (Lipinski definition) is 2. The van der Waals surface area contributed by atoms with Gasteiger partial charge in [0.25, 0.3) is 0 Å². The van der Waals surface area contributed by atoms with Gasteiger partial charge in [0, 0.05) is 12.6 Å². The molecule has 1 heterocycles. The van der Waals surface area contributed by atoms with Crippen LogP contribution in [0.4, 0.5) is 0 Å². The van der Waals surface area contributed by atoms with Gasteiger partial charge in [-0.25, -0.2) is 0 Å². The molecule has 0 unspecified atom stereocenters. The Morgan fingerprint density at radius 1 is 1.54 bits per heavy atom. The highest BCUT2D eigenvalue weighted by Crippen LogP contribution is 2.31. The second-order valence-electron chi connectivity index (χ2n) is 4.12. The lowest BCUT2D eigenvalue weighted by molar-refractivity contribution is 0.249. The van der Waals surface area contributed by atoms with E-state index in [2.05, 4.69) is 19.9 Å². The van der Waals surface area contributed by atoms with Crippen molar-refractivity contribution in [2.45, 2.75) is 32.7 Å². The smallest absolute Gasteiger partial charge is 0.120 e. The van der Waals surface area contributed by atoms with Crippen molar-refractivity contribution in [3.8, 4) is 6.07 Å². The number of rotatable bonds is 0. The van der Waals surface area contributed by atoms with Crippen molar-refractivity contribution < 1.29 is 0 Å². The summed E-state index contributed by atoms with van der Waals surface area (Å²) in [5.74, 6) is 0. The number of nitriles is 1. The van der Waals surface area contributed by atoms with Gasteiger partial charge in [-0.05, 0) is 27.2 Å². The molecule has 0 saturated carbocycles. The first-order valence-corrected chi connectivity index (χ1v) is 4.69. The molecular formula is C10H14N2S. The summed E-state index contributed by atoms with van der Waals surface area (Å²) in [5.41, 5.74) is 1.83. The average molecular weight is 194 g/mol. The highest BCUT2D eigenvalue weighted by Gasteiger charge is 2.33. The van der Waals surface area contributed by atoms with Gasteiger partial charge in [0.1, 0.15) is 11.1 Å². The molecule has 0 amide bonds. The summed E-state index contributed by atoms with van der Waals surface area (Å²) in [6, 6.07) is 2.17. The van der Waals surface area contributed by atoms with Crippen molar-refractivity contribution in [3.05, 3.63) is 11.1 Å². The first-order valence-electron chi connectivity index (χ1n) is 4.28. The quantitative estimate of drug-likeness (QED) is 0.553. The molecule has 0 aromatic carbocycles. The number of nitrogens with zero attached hydrogens (tertiary/aromatic N) is 2. The van der Waals surface area contributed by atoms with Crippen molar-refractivity contribution in [1.29, 1.82) is 5.26 Å². The molecular weight excluding hydrogens is 180 g/mol. The molecule has 0 aliphatic carbocycles. The van der Waals surface area contributed by atoms with Crippen LogP contribution in [0.15, 0.2) is 11.1 Å². The molecule has 1 rings (SSSR count). The fourth-order valence-electron chi connectivity index (χ4n) is 1.62. The topological polar surface area (TPSA) is 27.0 Å². The molecule has 0 radical (unpaired) electrons. The standard InChI is InChI=1S/C10H14N2S/c1-7-5-10(2,3)12(4)9(13)8(7)6-11/h5H2,1-4H3. The van der Waals surface area contributed by atoms with Gasteiger partial charge < -0.3 is 4.90 Å². The van der Waals surface area contributed by atoms with Crippen molar-refractivity contribution in [3.63, 3.8) is 0 Å². The number of likely N-dealkylation sites (N-methyl/N-ethyl adjacent to an activating group) is 1. The molecule has 0 saturated heterocycles. The molecule has 0 N–H and O–H groups in total. The molecule has 0 spiro atoms. The van der Waals surface area contributed by atoms with Crippen molar-refractivity contribution in [2.75, 3.05) is 7.05 Å². The van der Waals surface area contributed by atoms with Gasteiger partial charge in [0.05, 0.1) is 5.57 Å². The Kier molecular flexibility index (Phi) is 2.44. The summed E-state index contributed by atoms with van der Waals surface area (Å²) in [4.78, 5) is 2.68. The van der Waals surface area contributed by atoms with Gasteiger partial charge in [-0.2, -0.15) is 5.26 Å². The fraction of sp³-hybridized carbons (Fsp3) is 0.600. The maximum atomic E-state index is 8.90. The Balaban J connectivity index is 3.18. The summed E-state index contributed by atoms with van der Waals surface area (Å²) in [7, 11) is 1.95. The molecule has 0 fully saturated rings. The lowest BCUT2D eigenvalue weighted by atomic mass is 9.87. The fourth-order valence-corrected chi connectivity index (χ4v) is 2.09. The molecule has 0 aromatic heterocycles. The lowest BCUT2D eigenvalue weighted by Crippen LogP contribution is -2.48. The first kappa shape index (κ1) is 10.2. The van der Waals surface area contributed by atoms with Crippen molar-refractivity contribution >= 4 is 17.2 Å². The number of thiocarbonyl (C=S) groups is 1. The Bertz CT molecular complexity index is 320. The Morgan fingerprint density at radius 3 is 2.54 bits per heavy atom. The van der Waals surface area contributed by atoms with E-state index in [0.717, 1.165) is 12.0 Å². The lowest BCUT2D eigenvalue weighted by Gasteiger charge is -2.41. The second kappa shape index (κ2) is 3.12. The second-order valence-corrected chi connectivity index (χ2v) is 4.51. The molecule has 2 nitrogen and oxygen atoms in total. The molecule has 1 aliphatic heterocycles. The predicted octanol–water partition coefficient (Wildman–Crippen LogP) is 2.27. The van der Waals surface area contributed by atoms with Crippen LogP contribution in [0.25, 0.3) is 0 Å². The third kappa shape index (κ3) is 1.59. The molecule has 1 aliphatic rings. The maximum Gasteiger partial charge on any atom is 0.120 e. The molecule has 3 heteroatoms. The van der Waals surface area contributed by atoms with E-state index in [1.807, 2.05) is 18.9 Å². The highest BCUT2D eigenvalue weighted by molar-refractivity contribution is 7.80. The average Bonchev–Trinajstić information content (AvgIpc) is 2.01. The molecule has 70 valence electrons. The zero-order valence-electron chi connectivity index (χ0n) is 8.51. The SMILES string of the molecule is CC1=C(C#N)C(=S)N(C)C(C)(C)C1. The first-order chi connectivity index (χ1) is 5.90. The summed E-state index contributed by atoms with van der Waals surface area (Å²) >= 11 is 5.22. The van der Waals surface area contributed by atoms with E-state index >= 15 is 0 Å². The van der Waals surface area contributed by atoms with Crippen LogP contribution < -0.4 is 0 Å².